The number of amidine groups is 1. The monoisotopic (exact) mass is 334 g/mol. The number of methoxy groups -OCH3 is 1. The van der Waals surface area contributed by atoms with Gasteiger partial charge < -0.3 is 10.1 Å². The Morgan fingerprint density at radius 2 is 1.84 bits per heavy atom. The van der Waals surface area contributed by atoms with Gasteiger partial charge >= 0.3 is 0 Å². The van der Waals surface area contributed by atoms with Crippen LogP contribution in [0.3, 0.4) is 0 Å². The molecule has 1 amide bonds. The summed E-state index contributed by atoms with van der Waals surface area (Å²) in [5.74, 6) is 1.41. The van der Waals surface area contributed by atoms with E-state index in [4.69, 9.17) is 4.74 Å². The van der Waals surface area contributed by atoms with E-state index in [1.165, 1.54) is 11.1 Å². The quantitative estimate of drug-likeness (QED) is 0.845. The molecule has 4 nitrogen and oxygen atoms in total. The standard InChI is InChI=1S/C21H22N2O2/c1-14-4-6-16(7-5-14)9-11-20-22-18(21(24)23-20)13-17-8-10-19(25-3)15(2)12-17/h4-8,10,12-13H,9,11H2,1-3H3,(H,22,23,24)/b18-13+. The van der Waals surface area contributed by atoms with Gasteiger partial charge in [-0.15, -0.1) is 0 Å². The molecule has 0 unspecified atom stereocenters. The molecule has 128 valence electrons. The Morgan fingerprint density at radius 3 is 2.52 bits per heavy atom. The lowest BCUT2D eigenvalue weighted by Gasteiger charge is -2.04. The maximum absolute atomic E-state index is 12.1. The number of hydrogen-bond acceptors (Lipinski definition) is 3. The van der Waals surface area contributed by atoms with Crippen molar-refractivity contribution in [1.82, 2.24) is 5.32 Å². The van der Waals surface area contributed by atoms with Crippen molar-refractivity contribution in [3.63, 3.8) is 0 Å². The zero-order valence-corrected chi connectivity index (χ0v) is 14.8. The largest absolute Gasteiger partial charge is 0.496 e. The first-order valence-corrected chi connectivity index (χ1v) is 8.36. The number of hydrogen-bond donors (Lipinski definition) is 1. The molecule has 0 spiro atoms. The number of amides is 1. The van der Waals surface area contributed by atoms with Crippen LogP contribution in [0, 0.1) is 13.8 Å². The summed E-state index contributed by atoms with van der Waals surface area (Å²) in [6.07, 6.45) is 3.38. The second-order valence-corrected chi connectivity index (χ2v) is 6.26. The van der Waals surface area contributed by atoms with Crippen molar-refractivity contribution in [1.29, 1.82) is 0 Å². The molecule has 1 aliphatic heterocycles. The van der Waals surface area contributed by atoms with Crippen LogP contribution in [0.4, 0.5) is 0 Å². The van der Waals surface area contributed by atoms with E-state index in [0.717, 1.165) is 29.1 Å². The van der Waals surface area contributed by atoms with Gasteiger partial charge in [-0.2, -0.15) is 0 Å². The number of benzene rings is 2. The van der Waals surface area contributed by atoms with Crippen molar-refractivity contribution in [3.8, 4) is 5.75 Å². The van der Waals surface area contributed by atoms with Gasteiger partial charge in [0, 0.05) is 6.42 Å². The second-order valence-electron chi connectivity index (χ2n) is 6.26. The zero-order valence-electron chi connectivity index (χ0n) is 14.8. The Labute approximate surface area is 148 Å². The molecule has 3 rings (SSSR count). The average Bonchev–Trinajstić information content (AvgIpc) is 2.94. The van der Waals surface area contributed by atoms with E-state index >= 15 is 0 Å². The molecule has 1 heterocycles. The molecular weight excluding hydrogens is 312 g/mol. The van der Waals surface area contributed by atoms with Crippen LogP contribution in [0.2, 0.25) is 0 Å². The molecule has 0 saturated carbocycles. The van der Waals surface area contributed by atoms with E-state index in [0.29, 0.717) is 12.1 Å². The maximum atomic E-state index is 12.1. The number of nitrogens with one attached hydrogen (secondary N) is 1. The molecule has 0 saturated heterocycles. The predicted molar refractivity (Wildman–Crippen MR) is 101 cm³/mol. The third-order valence-electron chi connectivity index (χ3n) is 4.24. The summed E-state index contributed by atoms with van der Waals surface area (Å²) in [6, 6.07) is 14.2. The summed E-state index contributed by atoms with van der Waals surface area (Å²) >= 11 is 0. The molecule has 0 aromatic heterocycles. The van der Waals surface area contributed by atoms with E-state index in [9.17, 15) is 4.79 Å². The fourth-order valence-corrected chi connectivity index (χ4v) is 2.80. The SMILES string of the molecule is COc1ccc(/C=C2/N=C(CCc3ccc(C)cc3)NC2=O)cc1C. The van der Waals surface area contributed by atoms with Gasteiger partial charge in [0.25, 0.3) is 5.91 Å². The molecule has 0 bridgehead atoms. The Morgan fingerprint density at radius 1 is 1.08 bits per heavy atom. The Balaban J connectivity index is 1.71. The van der Waals surface area contributed by atoms with Crippen LogP contribution in [0.1, 0.15) is 28.7 Å². The van der Waals surface area contributed by atoms with Gasteiger partial charge in [-0.1, -0.05) is 35.9 Å². The van der Waals surface area contributed by atoms with Crippen LogP contribution in [0.25, 0.3) is 6.08 Å². The van der Waals surface area contributed by atoms with E-state index in [1.54, 1.807) is 13.2 Å². The van der Waals surface area contributed by atoms with Crippen LogP contribution >= 0.6 is 0 Å². The minimum Gasteiger partial charge on any atom is -0.496 e. The Hall–Kier alpha value is -2.88. The lowest BCUT2D eigenvalue weighted by molar-refractivity contribution is -0.115. The van der Waals surface area contributed by atoms with E-state index in [-0.39, 0.29) is 5.91 Å². The van der Waals surface area contributed by atoms with Crippen LogP contribution in [0.15, 0.2) is 53.2 Å². The van der Waals surface area contributed by atoms with Gasteiger partial charge in [-0.3, -0.25) is 4.79 Å². The first-order chi connectivity index (χ1) is 12.0. The van der Waals surface area contributed by atoms with Crippen LogP contribution < -0.4 is 10.1 Å². The van der Waals surface area contributed by atoms with E-state index in [2.05, 4.69) is 41.5 Å². The summed E-state index contributed by atoms with van der Waals surface area (Å²) in [7, 11) is 1.65. The number of ether oxygens (including phenoxy) is 1. The maximum Gasteiger partial charge on any atom is 0.275 e. The molecule has 0 atom stereocenters. The predicted octanol–water partition coefficient (Wildman–Crippen LogP) is 3.81. The van der Waals surface area contributed by atoms with Gasteiger partial charge in [0.1, 0.15) is 17.3 Å². The smallest absolute Gasteiger partial charge is 0.275 e. The number of carbonyl (C=O) groups excluding carboxylic acids is 1. The number of aryl methyl sites for hydroxylation is 3. The molecule has 0 radical (unpaired) electrons. The molecule has 1 aliphatic rings. The number of rotatable bonds is 5. The van der Waals surface area contributed by atoms with Gasteiger partial charge in [0.15, 0.2) is 0 Å². The first kappa shape index (κ1) is 17.0. The third-order valence-corrected chi connectivity index (χ3v) is 4.24. The summed E-state index contributed by atoms with van der Waals surface area (Å²) in [5.41, 5.74) is 4.90. The zero-order chi connectivity index (χ0) is 17.8. The number of aliphatic imine (C=N–C) groups is 1. The molecular formula is C21H22N2O2. The highest BCUT2D eigenvalue weighted by Gasteiger charge is 2.19. The summed E-state index contributed by atoms with van der Waals surface area (Å²) in [4.78, 5) is 16.6. The lowest BCUT2D eigenvalue weighted by atomic mass is 10.1. The number of carbonyl (C=O) groups is 1. The Kier molecular flexibility index (Phi) is 4.98. The summed E-state index contributed by atoms with van der Waals surface area (Å²) < 4.78 is 5.26. The number of nitrogens with zero attached hydrogens (tertiary/aromatic N) is 1. The van der Waals surface area contributed by atoms with Gasteiger partial charge in [-0.25, -0.2) is 4.99 Å². The molecule has 4 heteroatoms. The minimum atomic E-state index is -0.146. The summed E-state index contributed by atoms with van der Waals surface area (Å²) in [5, 5.41) is 2.86. The second kappa shape index (κ2) is 7.34. The lowest BCUT2D eigenvalue weighted by Crippen LogP contribution is -2.24. The molecule has 0 aliphatic carbocycles. The van der Waals surface area contributed by atoms with Crippen molar-refractivity contribution < 1.29 is 9.53 Å². The normalized spacial score (nSPS) is 15.2. The van der Waals surface area contributed by atoms with E-state index < -0.39 is 0 Å². The fourth-order valence-electron chi connectivity index (χ4n) is 2.80. The Bertz CT molecular complexity index is 849. The molecule has 2 aromatic rings. The molecule has 2 aromatic carbocycles. The van der Waals surface area contributed by atoms with Crippen molar-refractivity contribution in [2.75, 3.05) is 7.11 Å². The van der Waals surface area contributed by atoms with Crippen molar-refractivity contribution in [2.45, 2.75) is 26.7 Å². The fraction of sp³-hybridized carbons (Fsp3) is 0.238. The van der Waals surface area contributed by atoms with Crippen molar-refractivity contribution in [2.24, 2.45) is 4.99 Å². The first-order valence-electron chi connectivity index (χ1n) is 8.36. The molecule has 1 N–H and O–H groups in total. The van der Waals surface area contributed by atoms with Crippen LogP contribution in [-0.4, -0.2) is 18.9 Å². The highest BCUT2D eigenvalue weighted by molar-refractivity contribution is 6.14. The topological polar surface area (TPSA) is 50.7 Å². The highest BCUT2D eigenvalue weighted by atomic mass is 16.5. The van der Waals surface area contributed by atoms with Gasteiger partial charge in [0.05, 0.1) is 7.11 Å². The van der Waals surface area contributed by atoms with Crippen molar-refractivity contribution >= 4 is 17.8 Å². The average molecular weight is 334 g/mol. The van der Waals surface area contributed by atoms with Gasteiger partial charge in [0.2, 0.25) is 0 Å². The van der Waals surface area contributed by atoms with E-state index in [1.807, 2.05) is 25.1 Å². The van der Waals surface area contributed by atoms with Crippen LogP contribution in [0.5, 0.6) is 5.75 Å². The highest BCUT2D eigenvalue weighted by Crippen LogP contribution is 2.21. The molecule has 0 fully saturated rings. The minimum absolute atomic E-state index is 0.146. The molecule has 25 heavy (non-hydrogen) atoms. The summed E-state index contributed by atoms with van der Waals surface area (Å²) in [6.45, 7) is 4.05. The third kappa shape index (κ3) is 4.15. The van der Waals surface area contributed by atoms with Crippen molar-refractivity contribution in [3.05, 3.63) is 70.4 Å². The van der Waals surface area contributed by atoms with Gasteiger partial charge in [-0.05, 0) is 55.2 Å². The van der Waals surface area contributed by atoms with Crippen LogP contribution in [-0.2, 0) is 11.2 Å².